The van der Waals surface area contributed by atoms with Crippen LogP contribution in [-0.2, 0) is 22.8 Å². The molecule has 8 heteroatoms. The van der Waals surface area contributed by atoms with Crippen molar-refractivity contribution in [3.8, 4) is 0 Å². The van der Waals surface area contributed by atoms with Gasteiger partial charge in [0.15, 0.2) is 11.5 Å². The van der Waals surface area contributed by atoms with Crippen LogP contribution in [0.5, 0.6) is 0 Å². The van der Waals surface area contributed by atoms with E-state index < -0.39 is 26.2 Å². The van der Waals surface area contributed by atoms with Crippen molar-refractivity contribution in [2.24, 2.45) is 5.73 Å². The summed E-state index contributed by atoms with van der Waals surface area (Å²) >= 11 is 1.60. The van der Waals surface area contributed by atoms with E-state index in [4.69, 9.17) is 23.7 Å². The summed E-state index contributed by atoms with van der Waals surface area (Å²) in [6.07, 6.45) is 1.67. The molecule has 1 saturated heterocycles. The predicted molar refractivity (Wildman–Crippen MR) is 75.6 cm³/mol. The van der Waals surface area contributed by atoms with E-state index in [2.05, 4.69) is 0 Å². The Bertz CT molecular complexity index is 313. The summed E-state index contributed by atoms with van der Waals surface area (Å²) < 4.78 is 22.3. The number of carbonyl (C=O) groups excluding carboxylic acids is 1. The fourth-order valence-corrected chi connectivity index (χ4v) is 5.63. The quantitative estimate of drug-likeness (QED) is 0.553. The summed E-state index contributed by atoms with van der Waals surface area (Å²) in [5, 5.41) is -1.32. The van der Waals surface area contributed by atoms with Gasteiger partial charge in [0.05, 0.1) is 0 Å². The highest BCUT2D eigenvalue weighted by Crippen LogP contribution is 2.33. The average Bonchev–Trinajstić information content (AvgIpc) is 2.34. The number of hydrogen-bond donors (Lipinski definition) is 1. The van der Waals surface area contributed by atoms with Gasteiger partial charge in [-0.15, -0.1) is 0 Å². The third kappa shape index (κ3) is 3.31. The monoisotopic (exact) mass is 309 g/mol. The van der Waals surface area contributed by atoms with Crippen molar-refractivity contribution in [1.29, 1.82) is 0 Å². The maximum Gasteiger partial charge on any atom is 0.536 e. The van der Waals surface area contributed by atoms with Crippen molar-refractivity contribution >= 4 is 26.5 Å². The van der Waals surface area contributed by atoms with E-state index >= 15 is 0 Å². The number of esters is 1. The Hall–Kier alpha value is -0.123. The third-order valence-electron chi connectivity index (χ3n) is 2.87. The van der Waals surface area contributed by atoms with Crippen LogP contribution in [0.3, 0.4) is 0 Å². The SMILES string of the molecule is CCO[Si]1(OCC)OC(C)OC(=O)C1(N)CCSC. The highest BCUT2D eigenvalue weighted by molar-refractivity contribution is 7.98. The van der Waals surface area contributed by atoms with Crippen molar-refractivity contribution in [3.63, 3.8) is 0 Å². The minimum atomic E-state index is -3.31. The molecule has 1 aliphatic rings. The molecule has 112 valence electrons. The molecule has 0 aromatic heterocycles. The lowest BCUT2D eigenvalue weighted by Gasteiger charge is -2.45. The molecule has 1 rings (SSSR count). The van der Waals surface area contributed by atoms with Crippen molar-refractivity contribution < 1.29 is 22.8 Å². The minimum absolute atomic E-state index is 0.379. The predicted octanol–water partition coefficient (Wildman–Crippen LogP) is 0.908. The first kappa shape index (κ1) is 16.9. The zero-order chi connectivity index (χ0) is 14.5. The van der Waals surface area contributed by atoms with Gasteiger partial charge in [0, 0.05) is 13.2 Å². The lowest BCUT2D eigenvalue weighted by Crippen LogP contribution is -2.77. The maximum atomic E-state index is 12.2. The van der Waals surface area contributed by atoms with Crippen LogP contribution in [0.25, 0.3) is 0 Å². The molecule has 0 aromatic rings. The fourth-order valence-electron chi connectivity index (χ4n) is 1.99. The number of thioether (sulfide) groups is 1. The Labute approximate surface area is 119 Å². The lowest BCUT2D eigenvalue weighted by molar-refractivity contribution is -0.189. The van der Waals surface area contributed by atoms with E-state index in [1.807, 2.05) is 20.1 Å². The van der Waals surface area contributed by atoms with Crippen molar-refractivity contribution in [2.45, 2.75) is 38.6 Å². The van der Waals surface area contributed by atoms with Gasteiger partial charge in [-0.1, -0.05) is 0 Å². The molecule has 2 atom stereocenters. The lowest BCUT2D eigenvalue weighted by atomic mass is 10.2. The van der Waals surface area contributed by atoms with Crippen LogP contribution in [0.4, 0.5) is 0 Å². The zero-order valence-electron chi connectivity index (χ0n) is 11.9. The Morgan fingerprint density at radius 2 is 2.00 bits per heavy atom. The molecule has 0 amide bonds. The first-order valence-corrected chi connectivity index (χ1v) is 9.52. The van der Waals surface area contributed by atoms with Gasteiger partial charge in [-0.3, -0.25) is 4.79 Å². The van der Waals surface area contributed by atoms with Gasteiger partial charge < -0.3 is 23.7 Å². The molecule has 0 radical (unpaired) electrons. The number of ether oxygens (including phenoxy) is 1. The summed E-state index contributed by atoms with van der Waals surface area (Å²) in [5.41, 5.74) is 6.30. The highest BCUT2D eigenvalue weighted by atomic mass is 32.2. The molecule has 2 N–H and O–H groups in total. The summed E-state index contributed by atoms with van der Waals surface area (Å²) in [5.74, 6) is 0.215. The number of nitrogens with two attached hydrogens (primary N) is 1. The molecular formula is C11H23NO5SSi. The van der Waals surface area contributed by atoms with Crippen LogP contribution in [0, 0.1) is 0 Å². The number of carbonyl (C=O) groups is 1. The molecule has 0 spiro atoms. The molecule has 0 aromatic carbocycles. The van der Waals surface area contributed by atoms with Crippen LogP contribution in [0.15, 0.2) is 0 Å². The highest BCUT2D eigenvalue weighted by Gasteiger charge is 2.68. The molecule has 0 saturated carbocycles. The van der Waals surface area contributed by atoms with Crippen LogP contribution in [0.1, 0.15) is 27.2 Å². The second-order valence-corrected chi connectivity index (χ2v) is 8.03. The van der Waals surface area contributed by atoms with Crippen LogP contribution < -0.4 is 5.73 Å². The number of cyclic esters (lactones) is 1. The third-order valence-corrected chi connectivity index (χ3v) is 7.01. The summed E-state index contributed by atoms with van der Waals surface area (Å²) in [4.78, 5) is 12.2. The summed E-state index contributed by atoms with van der Waals surface area (Å²) in [6, 6.07) is 0. The van der Waals surface area contributed by atoms with E-state index in [1.54, 1.807) is 18.7 Å². The Balaban J connectivity index is 3.11. The maximum absolute atomic E-state index is 12.2. The first-order chi connectivity index (χ1) is 8.95. The fraction of sp³-hybridized carbons (Fsp3) is 0.909. The summed E-state index contributed by atoms with van der Waals surface area (Å²) in [7, 11) is -3.31. The molecule has 2 unspecified atom stereocenters. The van der Waals surface area contributed by atoms with Gasteiger partial charge in [-0.25, -0.2) is 0 Å². The van der Waals surface area contributed by atoms with E-state index in [1.165, 1.54) is 0 Å². The number of rotatable bonds is 7. The van der Waals surface area contributed by atoms with Gasteiger partial charge in [0.2, 0.25) is 0 Å². The van der Waals surface area contributed by atoms with Gasteiger partial charge in [-0.2, -0.15) is 11.8 Å². The largest absolute Gasteiger partial charge is 0.536 e. The number of hydrogen-bond acceptors (Lipinski definition) is 7. The molecule has 19 heavy (non-hydrogen) atoms. The first-order valence-electron chi connectivity index (χ1n) is 6.40. The van der Waals surface area contributed by atoms with Gasteiger partial charge in [0.25, 0.3) is 0 Å². The van der Waals surface area contributed by atoms with E-state index in [9.17, 15) is 4.79 Å². The zero-order valence-corrected chi connectivity index (χ0v) is 13.7. The smallest absolute Gasteiger partial charge is 0.436 e. The topological polar surface area (TPSA) is 80.0 Å². The van der Waals surface area contributed by atoms with Crippen LogP contribution in [0.2, 0.25) is 0 Å². The molecule has 0 bridgehead atoms. The van der Waals surface area contributed by atoms with Crippen molar-refractivity contribution in [2.75, 3.05) is 25.2 Å². The van der Waals surface area contributed by atoms with Gasteiger partial charge in [-0.05, 0) is 39.2 Å². The van der Waals surface area contributed by atoms with E-state index in [0.29, 0.717) is 25.4 Å². The van der Waals surface area contributed by atoms with Gasteiger partial charge >= 0.3 is 14.8 Å². The molecular weight excluding hydrogens is 286 g/mol. The van der Waals surface area contributed by atoms with Crippen molar-refractivity contribution in [3.05, 3.63) is 0 Å². The Kier molecular flexibility index (Phi) is 6.28. The Morgan fingerprint density at radius 1 is 1.42 bits per heavy atom. The normalized spacial score (nSPS) is 30.2. The molecule has 1 heterocycles. The van der Waals surface area contributed by atoms with Crippen LogP contribution >= 0.6 is 11.8 Å². The van der Waals surface area contributed by atoms with Crippen LogP contribution in [-0.4, -0.2) is 51.4 Å². The van der Waals surface area contributed by atoms with Gasteiger partial charge in [0.1, 0.15) is 0 Å². The summed E-state index contributed by atoms with van der Waals surface area (Å²) in [6.45, 7) is 6.06. The minimum Gasteiger partial charge on any atom is -0.436 e. The molecule has 1 aliphatic heterocycles. The van der Waals surface area contributed by atoms with E-state index in [0.717, 1.165) is 0 Å². The van der Waals surface area contributed by atoms with Crippen molar-refractivity contribution in [1.82, 2.24) is 0 Å². The molecule has 1 fully saturated rings. The average molecular weight is 309 g/mol. The van der Waals surface area contributed by atoms with E-state index in [-0.39, 0.29) is 0 Å². The second kappa shape index (κ2) is 7.05. The molecule has 6 nitrogen and oxygen atoms in total. The Morgan fingerprint density at radius 3 is 2.47 bits per heavy atom. The standard InChI is InChI=1S/C11H23NO5SSi/c1-5-14-19(15-6-2)11(12,7-8-18-4)10(13)16-9(3)17-19/h9H,5-8,12H2,1-4H3. The second-order valence-electron chi connectivity index (χ2n) is 4.23. The molecule has 0 aliphatic carbocycles.